The van der Waals surface area contributed by atoms with Crippen LogP contribution in [0, 0.1) is 5.92 Å². The van der Waals surface area contributed by atoms with Gasteiger partial charge in [-0.3, -0.25) is 0 Å². The Hall–Kier alpha value is -0.570. The largest absolute Gasteiger partial charge is 0.411 e. The van der Waals surface area contributed by atoms with E-state index in [9.17, 15) is 5.11 Å². The second-order valence-electron chi connectivity index (χ2n) is 5.05. The van der Waals surface area contributed by atoms with E-state index in [0.717, 1.165) is 57.1 Å². The molecule has 0 aromatic rings. The molecule has 0 heterocycles. The summed E-state index contributed by atoms with van der Waals surface area (Å²) in [4.78, 5) is 0. The van der Waals surface area contributed by atoms with E-state index in [1.165, 1.54) is 6.42 Å². The van der Waals surface area contributed by atoms with Crippen LogP contribution in [0.2, 0.25) is 0 Å². The van der Waals surface area contributed by atoms with Gasteiger partial charge in [0, 0.05) is 5.92 Å². The summed E-state index contributed by atoms with van der Waals surface area (Å²) in [6.45, 7) is 0. The lowest BCUT2D eigenvalue weighted by Gasteiger charge is -2.41. The lowest BCUT2D eigenvalue weighted by Crippen LogP contribution is -2.45. The summed E-state index contributed by atoms with van der Waals surface area (Å²) in [6.07, 6.45) is 9.36. The molecule has 2 saturated carbocycles. The van der Waals surface area contributed by atoms with E-state index < -0.39 is 5.60 Å². The number of aliphatic hydroxyl groups is 1. The highest BCUT2D eigenvalue weighted by Crippen LogP contribution is 2.40. The molecule has 0 radical (unpaired) electrons. The molecule has 3 heteroatoms. The van der Waals surface area contributed by atoms with Gasteiger partial charge in [0.15, 0.2) is 0 Å². The van der Waals surface area contributed by atoms with Crippen molar-refractivity contribution in [3.8, 4) is 0 Å². The Labute approximate surface area is 91.2 Å². The molecule has 0 spiro atoms. The fourth-order valence-corrected chi connectivity index (χ4v) is 3.21. The third kappa shape index (κ3) is 2.17. The van der Waals surface area contributed by atoms with Crippen molar-refractivity contribution in [2.24, 2.45) is 11.1 Å². The van der Waals surface area contributed by atoms with Crippen LogP contribution >= 0.6 is 0 Å². The highest BCUT2D eigenvalue weighted by molar-refractivity contribution is 5.87. The Bertz CT molecular complexity index is 244. The molecule has 86 valence electrons. The van der Waals surface area contributed by atoms with Crippen LogP contribution in [0.15, 0.2) is 5.16 Å². The Morgan fingerprint density at radius 1 is 1.07 bits per heavy atom. The molecule has 2 N–H and O–H groups in total. The van der Waals surface area contributed by atoms with Crippen molar-refractivity contribution >= 4 is 5.71 Å². The predicted octanol–water partition coefficient (Wildman–Crippen LogP) is 2.70. The minimum Gasteiger partial charge on any atom is -0.411 e. The smallest absolute Gasteiger partial charge is 0.0729 e. The first-order valence-electron chi connectivity index (χ1n) is 6.19. The van der Waals surface area contributed by atoms with Gasteiger partial charge in [0.2, 0.25) is 0 Å². The van der Waals surface area contributed by atoms with Crippen LogP contribution in [0.1, 0.15) is 57.8 Å². The topological polar surface area (TPSA) is 52.8 Å². The SMILES string of the molecule is O/N=C1/CCCCC1C1(O)CCCCC1. The van der Waals surface area contributed by atoms with Crippen molar-refractivity contribution < 1.29 is 10.3 Å². The quantitative estimate of drug-likeness (QED) is 0.517. The Morgan fingerprint density at radius 3 is 2.47 bits per heavy atom. The summed E-state index contributed by atoms with van der Waals surface area (Å²) in [7, 11) is 0. The highest BCUT2D eigenvalue weighted by Gasteiger charge is 2.41. The number of nitrogens with zero attached hydrogens (tertiary/aromatic N) is 1. The minimum atomic E-state index is -0.569. The van der Waals surface area contributed by atoms with Gasteiger partial charge in [-0.25, -0.2) is 0 Å². The molecule has 0 amide bonds. The van der Waals surface area contributed by atoms with Crippen LogP contribution in [0.3, 0.4) is 0 Å². The first kappa shape index (κ1) is 10.9. The number of oxime groups is 1. The zero-order valence-electron chi connectivity index (χ0n) is 9.28. The van der Waals surface area contributed by atoms with Gasteiger partial charge in [0.25, 0.3) is 0 Å². The van der Waals surface area contributed by atoms with Gasteiger partial charge in [-0.15, -0.1) is 0 Å². The molecule has 0 aromatic carbocycles. The van der Waals surface area contributed by atoms with E-state index in [1.54, 1.807) is 0 Å². The molecule has 2 rings (SSSR count). The molecule has 1 unspecified atom stereocenters. The number of hydrogen-bond acceptors (Lipinski definition) is 3. The fourth-order valence-electron chi connectivity index (χ4n) is 3.21. The van der Waals surface area contributed by atoms with Crippen LogP contribution in [0.4, 0.5) is 0 Å². The van der Waals surface area contributed by atoms with Gasteiger partial charge in [-0.2, -0.15) is 0 Å². The minimum absolute atomic E-state index is 0.122. The summed E-state index contributed by atoms with van der Waals surface area (Å²) in [5, 5.41) is 23.0. The van der Waals surface area contributed by atoms with E-state index in [0.29, 0.717) is 0 Å². The fraction of sp³-hybridized carbons (Fsp3) is 0.917. The van der Waals surface area contributed by atoms with Crippen LogP contribution < -0.4 is 0 Å². The van der Waals surface area contributed by atoms with Crippen molar-refractivity contribution in [1.29, 1.82) is 0 Å². The average molecular weight is 211 g/mol. The third-order valence-electron chi connectivity index (χ3n) is 4.07. The van der Waals surface area contributed by atoms with Crippen molar-refractivity contribution in [1.82, 2.24) is 0 Å². The van der Waals surface area contributed by atoms with Crippen LogP contribution in [0.5, 0.6) is 0 Å². The predicted molar refractivity (Wildman–Crippen MR) is 59.2 cm³/mol. The van der Waals surface area contributed by atoms with Crippen molar-refractivity contribution in [3.63, 3.8) is 0 Å². The van der Waals surface area contributed by atoms with Gasteiger partial charge in [0.1, 0.15) is 0 Å². The van der Waals surface area contributed by atoms with E-state index >= 15 is 0 Å². The number of hydrogen-bond donors (Lipinski definition) is 2. The molecular weight excluding hydrogens is 190 g/mol. The van der Waals surface area contributed by atoms with Crippen molar-refractivity contribution in [2.45, 2.75) is 63.4 Å². The molecule has 0 bridgehead atoms. The van der Waals surface area contributed by atoms with Crippen molar-refractivity contribution in [3.05, 3.63) is 0 Å². The zero-order valence-corrected chi connectivity index (χ0v) is 9.28. The van der Waals surface area contributed by atoms with Crippen molar-refractivity contribution in [2.75, 3.05) is 0 Å². The van der Waals surface area contributed by atoms with E-state index in [-0.39, 0.29) is 5.92 Å². The monoisotopic (exact) mass is 211 g/mol. The average Bonchev–Trinajstić information content (AvgIpc) is 2.30. The lowest BCUT2D eigenvalue weighted by molar-refractivity contribution is -0.0327. The normalized spacial score (nSPS) is 34.2. The first-order valence-corrected chi connectivity index (χ1v) is 6.19. The molecule has 2 aliphatic rings. The molecule has 2 fully saturated rings. The molecular formula is C12H21NO2. The van der Waals surface area contributed by atoms with Gasteiger partial charge >= 0.3 is 0 Å². The Morgan fingerprint density at radius 2 is 1.80 bits per heavy atom. The Balaban J connectivity index is 2.12. The van der Waals surface area contributed by atoms with E-state index in [1.807, 2.05) is 0 Å². The maximum Gasteiger partial charge on any atom is 0.0729 e. The lowest BCUT2D eigenvalue weighted by atomic mass is 9.69. The first-order chi connectivity index (χ1) is 7.26. The maximum absolute atomic E-state index is 10.6. The summed E-state index contributed by atoms with van der Waals surface area (Å²) >= 11 is 0. The number of rotatable bonds is 1. The summed E-state index contributed by atoms with van der Waals surface area (Å²) in [5.74, 6) is 0.122. The molecule has 1 atom stereocenters. The molecule has 15 heavy (non-hydrogen) atoms. The second kappa shape index (κ2) is 4.52. The zero-order chi connectivity index (χ0) is 10.7. The summed E-state index contributed by atoms with van der Waals surface area (Å²) in [5.41, 5.74) is 0.269. The second-order valence-corrected chi connectivity index (χ2v) is 5.05. The molecule has 0 aromatic heterocycles. The van der Waals surface area contributed by atoms with Crippen LogP contribution in [0.25, 0.3) is 0 Å². The summed E-state index contributed by atoms with van der Waals surface area (Å²) in [6, 6.07) is 0. The standard InChI is InChI=1S/C12H21NO2/c14-12(8-4-1-5-9-12)10-6-2-3-7-11(10)13-15/h10,14-15H,1-9H2/b13-11-. The molecule has 2 aliphatic carbocycles. The van der Waals surface area contributed by atoms with Crippen LogP contribution in [-0.4, -0.2) is 21.6 Å². The van der Waals surface area contributed by atoms with Gasteiger partial charge in [0.05, 0.1) is 11.3 Å². The Kier molecular flexibility index (Phi) is 3.29. The third-order valence-corrected chi connectivity index (χ3v) is 4.07. The molecule has 0 aliphatic heterocycles. The highest BCUT2D eigenvalue weighted by atomic mass is 16.4. The maximum atomic E-state index is 10.6. The van der Waals surface area contributed by atoms with Gasteiger partial charge in [-0.05, 0) is 32.1 Å². The van der Waals surface area contributed by atoms with Gasteiger partial charge in [-0.1, -0.05) is 30.8 Å². The van der Waals surface area contributed by atoms with E-state index in [2.05, 4.69) is 5.16 Å². The van der Waals surface area contributed by atoms with Gasteiger partial charge < -0.3 is 10.3 Å². The summed E-state index contributed by atoms with van der Waals surface area (Å²) < 4.78 is 0. The van der Waals surface area contributed by atoms with Crippen LogP contribution in [-0.2, 0) is 0 Å². The van der Waals surface area contributed by atoms with E-state index in [4.69, 9.17) is 5.21 Å². The molecule has 0 saturated heterocycles. The molecule has 3 nitrogen and oxygen atoms in total.